The van der Waals surface area contributed by atoms with Crippen LogP contribution in [0.3, 0.4) is 0 Å². The van der Waals surface area contributed by atoms with Crippen molar-refractivity contribution < 1.29 is 13.2 Å². The van der Waals surface area contributed by atoms with Gasteiger partial charge in [0.15, 0.2) is 9.84 Å². The summed E-state index contributed by atoms with van der Waals surface area (Å²) in [4.78, 5) is 0.0418. The molecule has 0 aromatic heterocycles. The van der Waals surface area contributed by atoms with E-state index in [0.717, 1.165) is 5.41 Å². The van der Waals surface area contributed by atoms with E-state index in [9.17, 15) is 8.42 Å². The van der Waals surface area contributed by atoms with Crippen molar-refractivity contribution in [3.63, 3.8) is 0 Å². The zero-order valence-electron chi connectivity index (χ0n) is 8.43. The number of sulfone groups is 1. The molecule has 0 unspecified atom stereocenters. The number of hydrogen-bond donors (Lipinski definition) is 0. The summed E-state index contributed by atoms with van der Waals surface area (Å²) in [5.74, 6) is 0.669. The van der Waals surface area contributed by atoms with Gasteiger partial charge in [-0.2, -0.15) is 0 Å². The van der Waals surface area contributed by atoms with E-state index in [1.807, 2.05) is 0 Å². The van der Waals surface area contributed by atoms with E-state index in [4.69, 9.17) is 4.74 Å². The van der Waals surface area contributed by atoms with E-state index in [2.05, 4.69) is 13.2 Å². The highest BCUT2D eigenvalue weighted by Gasteiger charge is 2.12. The van der Waals surface area contributed by atoms with E-state index in [0.29, 0.717) is 11.3 Å². The highest BCUT2D eigenvalue weighted by atomic mass is 32.2. The Kier molecular flexibility index (Phi) is 3.31. The molecule has 0 fully saturated rings. The van der Waals surface area contributed by atoms with Crippen LogP contribution >= 0.6 is 0 Å². The maximum atomic E-state index is 11.4. The van der Waals surface area contributed by atoms with Crippen molar-refractivity contribution in [2.45, 2.75) is 0 Å². The highest BCUT2D eigenvalue weighted by Crippen LogP contribution is 2.22. The van der Waals surface area contributed by atoms with Crippen LogP contribution in [0, 0.1) is 0 Å². The van der Waals surface area contributed by atoms with Crippen LogP contribution in [0.15, 0.2) is 42.8 Å². The molecule has 0 aliphatic rings. The molecule has 0 aliphatic carbocycles. The molecule has 0 saturated heterocycles. The minimum atomic E-state index is -3.44. The third kappa shape index (κ3) is 2.47. The molecule has 1 rings (SSSR count). The van der Waals surface area contributed by atoms with Crippen LogP contribution in [-0.2, 0) is 9.84 Å². The lowest BCUT2D eigenvalue weighted by molar-refractivity contribution is 0.415. The van der Waals surface area contributed by atoms with Crippen molar-refractivity contribution in [1.29, 1.82) is 0 Å². The molecule has 0 aliphatic heterocycles. The average molecular weight is 224 g/mol. The normalized spacial score (nSPS) is 10.7. The molecule has 0 radical (unpaired) electrons. The molecule has 3 nitrogen and oxygen atoms in total. The molecule has 80 valence electrons. The number of rotatable bonds is 4. The van der Waals surface area contributed by atoms with Crippen LogP contribution in [-0.4, -0.2) is 15.5 Å². The Morgan fingerprint density at radius 3 is 2.27 bits per heavy atom. The Morgan fingerprint density at radius 1 is 1.33 bits per heavy atom. The van der Waals surface area contributed by atoms with Gasteiger partial charge in [0.25, 0.3) is 0 Å². The van der Waals surface area contributed by atoms with Crippen LogP contribution in [0.5, 0.6) is 5.75 Å². The van der Waals surface area contributed by atoms with Crippen LogP contribution in [0.4, 0.5) is 0 Å². The third-order valence-electron chi connectivity index (χ3n) is 1.97. The van der Waals surface area contributed by atoms with Crippen LogP contribution in [0.2, 0.25) is 0 Å². The van der Waals surface area contributed by atoms with E-state index < -0.39 is 9.84 Å². The maximum Gasteiger partial charge on any atom is 0.199 e. The minimum Gasteiger partial charge on any atom is -0.497 e. The predicted octanol–water partition coefficient (Wildman–Crippen LogP) is 2.22. The smallest absolute Gasteiger partial charge is 0.199 e. The summed E-state index contributed by atoms with van der Waals surface area (Å²) < 4.78 is 27.8. The number of methoxy groups -OCH3 is 1. The monoisotopic (exact) mass is 224 g/mol. The van der Waals surface area contributed by atoms with Crippen molar-refractivity contribution in [2.24, 2.45) is 0 Å². The molecule has 0 bridgehead atoms. The molecular formula is C11H12O3S. The van der Waals surface area contributed by atoms with Crippen LogP contribution < -0.4 is 4.74 Å². The lowest BCUT2D eigenvalue weighted by Crippen LogP contribution is -1.97. The van der Waals surface area contributed by atoms with Crippen LogP contribution in [0.25, 0.3) is 4.91 Å². The molecule has 4 heteroatoms. The van der Waals surface area contributed by atoms with Crippen molar-refractivity contribution in [2.75, 3.05) is 7.11 Å². The molecular weight excluding hydrogens is 212 g/mol. The molecule has 0 saturated carbocycles. The zero-order chi connectivity index (χ0) is 11.5. The molecule has 0 spiro atoms. The number of benzene rings is 1. The Hall–Kier alpha value is -1.55. The lowest BCUT2D eigenvalue weighted by Gasteiger charge is -2.04. The van der Waals surface area contributed by atoms with Gasteiger partial charge in [0.05, 0.1) is 12.0 Å². The highest BCUT2D eigenvalue weighted by molar-refractivity contribution is 8.03. The van der Waals surface area contributed by atoms with E-state index in [1.54, 1.807) is 31.4 Å². The van der Waals surface area contributed by atoms with Gasteiger partial charge in [-0.1, -0.05) is 25.3 Å². The fraction of sp³-hybridized carbons (Fsp3) is 0.0909. The second-order valence-corrected chi connectivity index (χ2v) is 4.78. The number of hydrogen-bond acceptors (Lipinski definition) is 3. The molecule has 0 heterocycles. The maximum absolute atomic E-state index is 11.4. The molecule has 0 atom stereocenters. The summed E-state index contributed by atoms with van der Waals surface area (Å²) in [5, 5.41) is 0.888. The number of ether oxygens (including phenoxy) is 1. The van der Waals surface area contributed by atoms with Crippen molar-refractivity contribution in [1.82, 2.24) is 0 Å². The van der Waals surface area contributed by atoms with Gasteiger partial charge in [0.1, 0.15) is 5.75 Å². The first kappa shape index (κ1) is 11.5. The fourth-order valence-corrected chi connectivity index (χ4v) is 1.71. The zero-order valence-corrected chi connectivity index (χ0v) is 9.25. The average Bonchev–Trinajstić information content (AvgIpc) is 2.28. The van der Waals surface area contributed by atoms with E-state index in [1.165, 1.54) is 0 Å². The summed E-state index contributed by atoms with van der Waals surface area (Å²) in [6.45, 7) is 6.76. The van der Waals surface area contributed by atoms with Gasteiger partial charge in [0, 0.05) is 5.41 Å². The second-order valence-electron chi connectivity index (χ2n) is 2.86. The predicted molar refractivity (Wildman–Crippen MR) is 61.1 cm³/mol. The fourth-order valence-electron chi connectivity index (χ4n) is 1.04. The SMILES string of the molecule is C=CS(=O)(=O)C(=C)c1ccc(OC)cc1. The van der Waals surface area contributed by atoms with E-state index in [-0.39, 0.29) is 4.91 Å². The Morgan fingerprint density at radius 2 is 1.87 bits per heavy atom. The summed E-state index contributed by atoms with van der Waals surface area (Å²) in [6, 6.07) is 6.64. The van der Waals surface area contributed by atoms with Gasteiger partial charge in [0.2, 0.25) is 0 Å². The Bertz CT molecular complexity index is 469. The first-order chi connectivity index (χ1) is 7.01. The third-order valence-corrected chi connectivity index (χ3v) is 3.34. The Balaban J connectivity index is 3.08. The molecule has 0 amide bonds. The molecule has 1 aromatic rings. The quantitative estimate of drug-likeness (QED) is 0.787. The van der Waals surface area contributed by atoms with Gasteiger partial charge in [-0.15, -0.1) is 0 Å². The lowest BCUT2D eigenvalue weighted by atomic mass is 10.2. The van der Waals surface area contributed by atoms with Gasteiger partial charge < -0.3 is 4.74 Å². The topological polar surface area (TPSA) is 43.4 Å². The molecule has 15 heavy (non-hydrogen) atoms. The van der Waals surface area contributed by atoms with Gasteiger partial charge in [-0.25, -0.2) is 8.42 Å². The summed E-state index contributed by atoms with van der Waals surface area (Å²) in [5.41, 5.74) is 0.538. The van der Waals surface area contributed by atoms with Crippen molar-refractivity contribution in [3.05, 3.63) is 48.4 Å². The standard InChI is InChI=1S/C11H12O3S/c1-4-15(12,13)9(2)10-5-7-11(14-3)8-6-10/h4-8H,1-2H2,3H3. The molecule has 1 aromatic carbocycles. The summed E-state index contributed by atoms with van der Waals surface area (Å²) in [7, 11) is -1.90. The first-order valence-electron chi connectivity index (χ1n) is 4.22. The Labute approximate surface area is 89.6 Å². The van der Waals surface area contributed by atoms with Gasteiger partial charge >= 0.3 is 0 Å². The van der Waals surface area contributed by atoms with Crippen LogP contribution in [0.1, 0.15) is 5.56 Å². The first-order valence-corrected chi connectivity index (χ1v) is 5.77. The van der Waals surface area contributed by atoms with E-state index >= 15 is 0 Å². The summed E-state index contributed by atoms with van der Waals surface area (Å²) in [6.07, 6.45) is 0. The summed E-state index contributed by atoms with van der Waals surface area (Å²) >= 11 is 0. The van der Waals surface area contributed by atoms with Crippen molar-refractivity contribution in [3.8, 4) is 5.75 Å². The molecule has 0 N–H and O–H groups in total. The van der Waals surface area contributed by atoms with Crippen molar-refractivity contribution >= 4 is 14.7 Å². The minimum absolute atomic E-state index is 0.0418. The van der Waals surface area contributed by atoms with Gasteiger partial charge in [-0.3, -0.25) is 0 Å². The largest absolute Gasteiger partial charge is 0.497 e. The van der Waals surface area contributed by atoms with Gasteiger partial charge in [-0.05, 0) is 17.7 Å². The second kappa shape index (κ2) is 4.31.